The van der Waals surface area contributed by atoms with Crippen LogP contribution in [-0.2, 0) is 0 Å². The van der Waals surface area contributed by atoms with Gasteiger partial charge in [0.25, 0.3) is 11.8 Å². The van der Waals surface area contributed by atoms with Gasteiger partial charge in [0.15, 0.2) is 0 Å². The highest BCUT2D eigenvalue weighted by atomic mass is 35.5. The van der Waals surface area contributed by atoms with Crippen LogP contribution in [0.2, 0.25) is 5.02 Å². The molecule has 0 atom stereocenters. The lowest BCUT2D eigenvalue weighted by molar-refractivity contribution is 0.0535. The van der Waals surface area contributed by atoms with Crippen LogP contribution in [-0.4, -0.2) is 52.8 Å². The van der Waals surface area contributed by atoms with E-state index in [9.17, 15) is 14.0 Å². The summed E-state index contributed by atoms with van der Waals surface area (Å²) >= 11 is 7.34. The van der Waals surface area contributed by atoms with Gasteiger partial charge in [-0.25, -0.2) is 9.37 Å². The SMILES string of the molecule is Cc1nc(C)c(C(=O)N2CCN(C(=O)c3c(F)cccc3Cl)CC2)s1. The van der Waals surface area contributed by atoms with Crippen LogP contribution < -0.4 is 0 Å². The molecule has 0 bridgehead atoms. The number of hydrogen-bond donors (Lipinski definition) is 0. The van der Waals surface area contributed by atoms with E-state index in [-0.39, 0.29) is 16.5 Å². The highest BCUT2D eigenvalue weighted by molar-refractivity contribution is 7.13. The first kappa shape index (κ1) is 17.8. The summed E-state index contributed by atoms with van der Waals surface area (Å²) in [6, 6.07) is 4.17. The fourth-order valence-corrected chi connectivity index (χ4v) is 3.98. The Hall–Kier alpha value is -1.99. The summed E-state index contributed by atoms with van der Waals surface area (Å²) in [4.78, 5) is 33.3. The van der Waals surface area contributed by atoms with Crippen molar-refractivity contribution in [3.8, 4) is 0 Å². The molecule has 132 valence electrons. The van der Waals surface area contributed by atoms with Gasteiger partial charge in [-0.1, -0.05) is 17.7 Å². The van der Waals surface area contributed by atoms with Gasteiger partial charge in [-0.15, -0.1) is 11.3 Å². The molecule has 2 amide bonds. The van der Waals surface area contributed by atoms with Crippen molar-refractivity contribution in [2.45, 2.75) is 13.8 Å². The predicted molar refractivity (Wildman–Crippen MR) is 94.8 cm³/mol. The molecule has 0 spiro atoms. The summed E-state index contributed by atoms with van der Waals surface area (Å²) in [5.74, 6) is -1.15. The second-order valence-corrected chi connectivity index (χ2v) is 7.44. The number of halogens is 2. The Kier molecular flexibility index (Phi) is 5.06. The van der Waals surface area contributed by atoms with Crippen molar-refractivity contribution in [1.82, 2.24) is 14.8 Å². The van der Waals surface area contributed by atoms with E-state index in [0.717, 1.165) is 10.7 Å². The van der Waals surface area contributed by atoms with Crippen molar-refractivity contribution >= 4 is 34.8 Å². The zero-order chi connectivity index (χ0) is 18.1. The monoisotopic (exact) mass is 381 g/mol. The van der Waals surface area contributed by atoms with Gasteiger partial charge in [-0.05, 0) is 26.0 Å². The molecule has 1 fully saturated rings. The highest BCUT2D eigenvalue weighted by Crippen LogP contribution is 2.23. The Morgan fingerprint density at radius 1 is 1.12 bits per heavy atom. The number of thiazole rings is 1. The summed E-state index contributed by atoms with van der Waals surface area (Å²) in [7, 11) is 0. The fraction of sp³-hybridized carbons (Fsp3) is 0.353. The average Bonchev–Trinajstić information content (AvgIpc) is 2.92. The number of benzene rings is 1. The van der Waals surface area contributed by atoms with Crippen LogP contribution in [0.3, 0.4) is 0 Å². The van der Waals surface area contributed by atoms with Crippen LogP contribution in [0.5, 0.6) is 0 Å². The smallest absolute Gasteiger partial charge is 0.265 e. The Morgan fingerprint density at radius 3 is 2.24 bits per heavy atom. The molecule has 5 nitrogen and oxygen atoms in total. The summed E-state index contributed by atoms with van der Waals surface area (Å²) in [5.41, 5.74) is 0.613. The largest absolute Gasteiger partial charge is 0.335 e. The molecule has 8 heteroatoms. The lowest BCUT2D eigenvalue weighted by atomic mass is 10.1. The number of amides is 2. The van der Waals surface area contributed by atoms with Gasteiger partial charge < -0.3 is 9.80 Å². The molecule has 0 aliphatic carbocycles. The minimum absolute atomic E-state index is 0.0703. The van der Waals surface area contributed by atoms with Crippen molar-refractivity contribution in [1.29, 1.82) is 0 Å². The van der Waals surface area contributed by atoms with Crippen LogP contribution in [0.4, 0.5) is 4.39 Å². The molecule has 2 heterocycles. The summed E-state index contributed by atoms with van der Waals surface area (Å²) in [6.45, 7) is 5.15. The first-order valence-electron chi connectivity index (χ1n) is 7.85. The van der Waals surface area contributed by atoms with Crippen molar-refractivity contribution in [2.75, 3.05) is 26.2 Å². The molecular weight excluding hydrogens is 365 g/mol. The summed E-state index contributed by atoms with van der Waals surface area (Å²) < 4.78 is 13.9. The molecule has 1 saturated heterocycles. The summed E-state index contributed by atoms with van der Waals surface area (Å²) in [5, 5.41) is 0.947. The van der Waals surface area contributed by atoms with Crippen LogP contribution >= 0.6 is 22.9 Å². The van der Waals surface area contributed by atoms with E-state index in [0.29, 0.717) is 31.1 Å². The number of carbonyl (C=O) groups excluding carboxylic acids is 2. The first-order chi connectivity index (χ1) is 11.9. The van der Waals surface area contributed by atoms with E-state index in [1.165, 1.54) is 34.4 Å². The number of hydrogen-bond acceptors (Lipinski definition) is 4. The quantitative estimate of drug-likeness (QED) is 0.803. The van der Waals surface area contributed by atoms with Gasteiger partial charge >= 0.3 is 0 Å². The van der Waals surface area contributed by atoms with E-state index >= 15 is 0 Å². The van der Waals surface area contributed by atoms with Gasteiger partial charge in [0.2, 0.25) is 0 Å². The van der Waals surface area contributed by atoms with Gasteiger partial charge in [0.1, 0.15) is 10.7 Å². The molecule has 1 aliphatic heterocycles. The number of carbonyl (C=O) groups is 2. The Balaban J connectivity index is 1.69. The van der Waals surface area contributed by atoms with Crippen LogP contribution in [0.15, 0.2) is 18.2 Å². The highest BCUT2D eigenvalue weighted by Gasteiger charge is 2.29. The van der Waals surface area contributed by atoms with Gasteiger partial charge in [0.05, 0.1) is 21.3 Å². The molecule has 1 aromatic carbocycles. The maximum absolute atomic E-state index is 13.9. The minimum Gasteiger partial charge on any atom is -0.335 e. The van der Waals surface area contributed by atoms with Crippen LogP contribution in [0, 0.1) is 19.7 Å². The lowest BCUT2D eigenvalue weighted by Crippen LogP contribution is -2.50. The van der Waals surface area contributed by atoms with Crippen molar-refractivity contribution in [3.05, 3.63) is 50.2 Å². The standard InChI is InChI=1S/C17H17ClFN3O2S/c1-10-15(25-11(2)20-10)17(24)22-8-6-21(7-9-22)16(23)14-12(18)4-3-5-13(14)19/h3-5H,6-9H2,1-2H3. The Bertz CT molecular complexity index is 811. The lowest BCUT2D eigenvalue weighted by Gasteiger charge is -2.34. The molecule has 0 radical (unpaired) electrons. The fourth-order valence-electron chi connectivity index (χ4n) is 2.85. The third-order valence-corrected chi connectivity index (χ3v) is 5.50. The molecule has 1 aliphatic rings. The molecular formula is C17H17ClFN3O2S. The van der Waals surface area contributed by atoms with Crippen LogP contribution in [0.25, 0.3) is 0 Å². The Labute approximate surface area is 154 Å². The van der Waals surface area contributed by atoms with Crippen molar-refractivity contribution in [2.24, 2.45) is 0 Å². The van der Waals surface area contributed by atoms with Crippen molar-refractivity contribution in [3.63, 3.8) is 0 Å². The van der Waals surface area contributed by atoms with E-state index in [1.807, 2.05) is 13.8 Å². The molecule has 25 heavy (non-hydrogen) atoms. The third-order valence-electron chi connectivity index (χ3n) is 4.13. The number of aromatic nitrogens is 1. The number of piperazine rings is 1. The van der Waals surface area contributed by atoms with E-state index in [4.69, 9.17) is 11.6 Å². The molecule has 0 unspecified atom stereocenters. The number of nitrogens with zero attached hydrogens (tertiary/aromatic N) is 3. The maximum Gasteiger partial charge on any atom is 0.265 e. The average molecular weight is 382 g/mol. The molecule has 1 aromatic heterocycles. The van der Waals surface area contributed by atoms with Gasteiger partial charge in [-0.2, -0.15) is 0 Å². The van der Waals surface area contributed by atoms with Crippen LogP contribution in [0.1, 0.15) is 30.7 Å². The van der Waals surface area contributed by atoms with Crippen molar-refractivity contribution < 1.29 is 14.0 Å². The predicted octanol–water partition coefficient (Wildman–Crippen LogP) is 3.15. The second kappa shape index (κ2) is 7.09. The zero-order valence-corrected chi connectivity index (χ0v) is 15.5. The normalized spacial score (nSPS) is 14.7. The van der Waals surface area contributed by atoms with E-state index in [2.05, 4.69) is 4.98 Å². The van der Waals surface area contributed by atoms with E-state index < -0.39 is 11.7 Å². The second-order valence-electron chi connectivity index (χ2n) is 5.83. The Morgan fingerprint density at radius 2 is 1.72 bits per heavy atom. The van der Waals surface area contributed by atoms with E-state index in [1.54, 1.807) is 4.90 Å². The minimum atomic E-state index is -0.633. The topological polar surface area (TPSA) is 53.5 Å². The van der Waals surface area contributed by atoms with Gasteiger partial charge in [-0.3, -0.25) is 9.59 Å². The maximum atomic E-state index is 13.9. The third kappa shape index (κ3) is 3.52. The van der Waals surface area contributed by atoms with Gasteiger partial charge in [0, 0.05) is 26.2 Å². The summed E-state index contributed by atoms with van der Waals surface area (Å²) in [6.07, 6.45) is 0. The number of rotatable bonds is 2. The first-order valence-corrected chi connectivity index (χ1v) is 9.04. The molecule has 2 aromatic rings. The molecule has 0 N–H and O–H groups in total. The molecule has 3 rings (SSSR count). The molecule has 0 saturated carbocycles. The zero-order valence-electron chi connectivity index (χ0n) is 13.9. The number of aryl methyl sites for hydroxylation is 2.